The Morgan fingerprint density at radius 3 is 2.68 bits per heavy atom. The Morgan fingerprint density at radius 2 is 2.16 bits per heavy atom. The molecule has 1 rings (SSSR count). The number of rotatable bonds is 5. The first-order chi connectivity index (χ1) is 8.92. The Morgan fingerprint density at radius 1 is 1.42 bits per heavy atom. The monoisotopic (exact) mass is 281 g/mol. The molecule has 0 aliphatic rings. The molecule has 0 atom stereocenters. The number of guanidine groups is 1. The van der Waals surface area contributed by atoms with Gasteiger partial charge in [0.2, 0.25) is 0 Å². The van der Waals surface area contributed by atoms with E-state index in [1.807, 2.05) is 18.4 Å². The van der Waals surface area contributed by atoms with Gasteiger partial charge in [0.05, 0.1) is 0 Å². The summed E-state index contributed by atoms with van der Waals surface area (Å²) in [6.07, 6.45) is 2.22. The number of aliphatic imine (C=N–C) groups is 1. The summed E-state index contributed by atoms with van der Waals surface area (Å²) < 4.78 is 0. The normalized spacial score (nSPS) is 12.6. The highest BCUT2D eigenvalue weighted by atomic mass is 32.1. The van der Waals surface area contributed by atoms with Crippen molar-refractivity contribution in [1.82, 2.24) is 10.2 Å². The molecule has 0 amide bonds. The van der Waals surface area contributed by atoms with Crippen LogP contribution in [0.15, 0.2) is 22.5 Å². The zero-order valence-electron chi connectivity index (χ0n) is 12.9. The molecule has 0 fully saturated rings. The molecule has 4 heteroatoms. The van der Waals surface area contributed by atoms with Gasteiger partial charge in [0, 0.05) is 32.1 Å². The number of likely N-dealkylation sites (N-methyl/N-ethyl adjacent to an activating group) is 1. The fourth-order valence-corrected chi connectivity index (χ4v) is 2.47. The van der Waals surface area contributed by atoms with Gasteiger partial charge in [-0.05, 0) is 29.7 Å². The van der Waals surface area contributed by atoms with Crippen LogP contribution in [0.2, 0.25) is 0 Å². The Bertz CT molecular complexity index is 377. The van der Waals surface area contributed by atoms with Crippen molar-refractivity contribution in [3.63, 3.8) is 0 Å². The molecule has 0 unspecified atom stereocenters. The largest absolute Gasteiger partial charge is 0.356 e. The quantitative estimate of drug-likeness (QED) is 0.663. The standard InChI is InChI=1S/C15H27N3S/c1-15(2,3)9-10-17-14(16-4)18(5)11-8-13-7-6-12-19-13/h6-7,12H,8-11H2,1-5H3,(H,16,17). The third-order valence-electron chi connectivity index (χ3n) is 3.01. The van der Waals surface area contributed by atoms with Gasteiger partial charge in [-0.15, -0.1) is 11.3 Å². The number of hydrogen-bond donors (Lipinski definition) is 1. The second-order valence-electron chi connectivity index (χ2n) is 6.04. The fourth-order valence-electron chi connectivity index (χ4n) is 1.77. The van der Waals surface area contributed by atoms with Crippen LogP contribution in [0.3, 0.4) is 0 Å². The number of thiophene rings is 1. The molecule has 3 nitrogen and oxygen atoms in total. The molecule has 0 aromatic carbocycles. The van der Waals surface area contributed by atoms with Crippen molar-refractivity contribution in [2.24, 2.45) is 10.4 Å². The van der Waals surface area contributed by atoms with Crippen molar-refractivity contribution < 1.29 is 0 Å². The van der Waals surface area contributed by atoms with Crippen LogP contribution in [0.1, 0.15) is 32.1 Å². The van der Waals surface area contributed by atoms with E-state index in [1.54, 1.807) is 0 Å². The molecule has 0 aliphatic heterocycles. The predicted octanol–water partition coefficient (Wildman–Crippen LogP) is 3.23. The van der Waals surface area contributed by atoms with Crippen molar-refractivity contribution in [3.05, 3.63) is 22.4 Å². The van der Waals surface area contributed by atoms with Crippen LogP contribution in [0.5, 0.6) is 0 Å². The highest BCUT2D eigenvalue weighted by Crippen LogP contribution is 2.17. The summed E-state index contributed by atoms with van der Waals surface area (Å²) in [7, 11) is 3.95. The van der Waals surface area contributed by atoms with Crippen molar-refractivity contribution >= 4 is 17.3 Å². The van der Waals surface area contributed by atoms with E-state index < -0.39 is 0 Å². The van der Waals surface area contributed by atoms with Crippen LogP contribution in [0.25, 0.3) is 0 Å². The molecule has 0 bridgehead atoms. The van der Waals surface area contributed by atoms with E-state index in [9.17, 15) is 0 Å². The first-order valence-electron chi connectivity index (χ1n) is 6.86. The van der Waals surface area contributed by atoms with E-state index in [4.69, 9.17) is 0 Å². The first-order valence-corrected chi connectivity index (χ1v) is 7.74. The van der Waals surface area contributed by atoms with Crippen molar-refractivity contribution in [1.29, 1.82) is 0 Å². The van der Waals surface area contributed by atoms with Crippen LogP contribution < -0.4 is 5.32 Å². The zero-order chi connectivity index (χ0) is 14.3. The van der Waals surface area contributed by atoms with Gasteiger partial charge in [-0.2, -0.15) is 0 Å². The molecular weight excluding hydrogens is 254 g/mol. The van der Waals surface area contributed by atoms with E-state index in [2.05, 4.69) is 60.5 Å². The summed E-state index contributed by atoms with van der Waals surface area (Å²) in [6.45, 7) is 8.75. The summed E-state index contributed by atoms with van der Waals surface area (Å²) in [5.74, 6) is 0.987. The molecule has 1 aromatic rings. The average Bonchev–Trinajstić information content (AvgIpc) is 2.83. The lowest BCUT2D eigenvalue weighted by atomic mass is 9.92. The number of nitrogens with one attached hydrogen (secondary N) is 1. The lowest BCUT2D eigenvalue weighted by Gasteiger charge is -2.24. The van der Waals surface area contributed by atoms with Crippen molar-refractivity contribution in [2.75, 3.05) is 27.2 Å². The minimum atomic E-state index is 0.362. The minimum Gasteiger partial charge on any atom is -0.356 e. The van der Waals surface area contributed by atoms with Crippen molar-refractivity contribution in [2.45, 2.75) is 33.6 Å². The van der Waals surface area contributed by atoms with Crippen LogP contribution in [0, 0.1) is 5.41 Å². The first kappa shape index (κ1) is 16.0. The Kier molecular flexibility index (Phi) is 6.35. The molecule has 19 heavy (non-hydrogen) atoms. The van der Waals surface area contributed by atoms with Crippen LogP contribution in [-0.2, 0) is 6.42 Å². The maximum atomic E-state index is 4.34. The van der Waals surface area contributed by atoms with E-state index in [0.29, 0.717) is 5.41 Å². The SMILES string of the molecule is CN=C(NCCC(C)(C)C)N(C)CCc1cccs1. The molecule has 0 radical (unpaired) electrons. The third kappa shape index (κ3) is 6.62. The van der Waals surface area contributed by atoms with Gasteiger partial charge in [-0.1, -0.05) is 26.8 Å². The van der Waals surface area contributed by atoms with Gasteiger partial charge in [-0.3, -0.25) is 4.99 Å². The van der Waals surface area contributed by atoms with Crippen LogP contribution >= 0.6 is 11.3 Å². The lowest BCUT2D eigenvalue weighted by molar-refractivity contribution is 0.372. The maximum Gasteiger partial charge on any atom is 0.193 e. The van der Waals surface area contributed by atoms with E-state index >= 15 is 0 Å². The number of hydrogen-bond acceptors (Lipinski definition) is 2. The smallest absolute Gasteiger partial charge is 0.193 e. The molecule has 1 N–H and O–H groups in total. The average molecular weight is 281 g/mol. The summed E-state index contributed by atoms with van der Waals surface area (Å²) in [5.41, 5.74) is 0.362. The Labute approximate surface area is 121 Å². The van der Waals surface area contributed by atoms with E-state index in [-0.39, 0.29) is 0 Å². The lowest BCUT2D eigenvalue weighted by Crippen LogP contribution is -2.40. The van der Waals surface area contributed by atoms with E-state index in [1.165, 1.54) is 4.88 Å². The Balaban J connectivity index is 2.33. The highest BCUT2D eigenvalue weighted by Gasteiger charge is 2.11. The number of nitrogens with zero attached hydrogens (tertiary/aromatic N) is 2. The van der Waals surface area contributed by atoms with Gasteiger partial charge in [0.15, 0.2) is 5.96 Å². The van der Waals surface area contributed by atoms with Crippen molar-refractivity contribution in [3.8, 4) is 0 Å². The Hall–Kier alpha value is -1.03. The second kappa shape index (κ2) is 7.53. The van der Waals surface area contributed by atoms with Crippen LogP contribution in [0.4, 0.5) is 0 Å². The van der Waals surface area contributed by atoms with Gasteiger partial charge in [-0.25, -0.2) is 0 Å². The minimum absolute atomic E-state index is 0.362. The second-order valence-corrected chi connectivity index (χ2v) is 7.07. The molecule has 0 aliphatic carbocycles. The molecule has 1 heterocycles. The predicted molar refractivity (Wildman–Crippen MR) is 86.1 cm³/mol. The topological polar surface area (TPSA) is 27.6 Å². The molecule has 0 saturated carbocycles. The third-order valence-corrected chi connectivity index (χ3v) is 3.94. The zero-order valence-corrected chi connectivity index (χ0v) is 13.7. The maximum absolute atomic E-state index is 4.34. The summed E-state index contributed by atoms with van der Waals surface area (Å²) in [4.78, 5) is 7.97. The highest BCUT2D eigenvalue weighted by molar-refractivity contribution is 7.09. The van der Waals surface area contributed by atoms with Gasteiger partial charge >= 0.3 is 0 Å². The van der Waals surface area contributed by atoms with Crippen LogP contribution in [-0.4, -0.2) is 38.0 Å². The van der Waals surface area contributed by atoms with Gasteiger partial charge < -0.3 is 10.2 Å². The summed E-state index contributed by atoms with van der Waals surface area (Å²) in [6, 6.07) is 4.30. The molecule has 0 spiro atoms. The molecule has 108 valence electrons. The summed E-state index contributed by atoms with van der Waals surface area (Å²) in [5, 5.41) is 5.57. The fraction of sp³-hybridized carbons (Fsp3) is 0.667. The molecule has 0 saturated heterocycles. The molecular formula is C15H27N3S. The molecule has 1 aromatic heterocycles. The van der Waals surface area contributed by atoms with Gasteiger partial charge in [0.1, 0.15) is 0 Å². The van der Waals surface area contributed by atoms with E-state index in [0.717, 1.165) is 31.9 Å². The summed E-state index contributed by atoms with van der Waals surface area (Å²) >= 11 is 1.82. The van der Waals surface area contributed by atoms with Gasteiger partial charge in [0.25, 0.3) is 0 Å².